The van der Waals surface area contributed by atoms with E-state index in [1.54, 1.807) is 12.1 Å². The SMILES string of the molecule is CCCCCC[C@@](Cl)(CCCCC)S(=O)(=O)c1ccc(C)cc1. The highest BCUT2D eigenvalue weighted by Gasteiger charge is 2.41. The second-order valence-corrected chi connectivity index (χ2v) is 9.67. The van der Waals surface area contributed by atoms with E-state index in [9.17, 15) is 8.42 Å². The topological polar surface area (TPSA) is 34.1 Å². The third-order valence-electron chi connectivity index (χ3n) is 4.37. The molecule has 23 heavy (non-hydrogen) atoms. The first-order valence-electron chi connectivity index (χ1n) is 8.87. The number of sulfone groups is 1. The number of unbranched alkanes of at least 4 members (excludes halogenated alkanes) is 5. The van der Waals surface area contributed by atoms with Crippen LogP contribution in [0.15, 0.2) is 29.2 Å². The van der Waals surface area contributed by atoms with E-state index in [0.29, 0.717) is 17.7 Å². The van der Waals surface area contributed by atoms with Gasteiger partial charge in [0.25, 0.3) is 0 Å². The van der Waals surface area contributed by atoms with Crippen LogP contribution in [0.4, 0.5) is 0 Å². The Kier molecular flexibility index (Phi) is 8.63. The molecule has 1 aromatic rings. The predicted molar refractivity (Wildman–Crippen MR) is 99.8 cm³/mol. The van der Waals surface area contributed by atoms with Crippen molar-refractivity contribution >= 4 is 21.4 Å². The van der Waals surface area contributed by atoms with E-state index in [0.717, 1.165) is 50.5 Å². The molecular weight excluding hydrogens is 328 g/mol. The number of hydrogen-bond donors (Lipinski definition) is 0. The van der Waals surface area contributed by atoms with Gasteiger partial charge in [0.2, 0.25) is 0 Å². The van der Waals surface area contributed by atoms with E-state index in [-0.39, 0.29) is 0 Å². The van der Waals surface area contributed by atoms with Gasteiger partial charge in [-0.2, -0.15) is 0 Å². The summed E-state index contributed by atoms with van der Waals surface area (Å²) in [5.74, 6) is 0. The van der Waals surface area contributed by atoms with Crippen molar-refractivity contribution in [3.8, 4) is 0 Å². The largest absolute Gasteiger partial charge is 0.222 e. The molecule has 4 heteroatoms. The van der Waals surface area contributed by atoms with Crippen molar-refractivity contribution < 1.29 is 8.42 Å². The molecule has 0 saturated carbocycles. The first-order valence-corrected chi connectivity index (χ1v) is 10.7. The van der Waals surface area contributed by atoms with Crippen molar-refractivity contribution in [3.63, 3.8) is 0 Å². The zero-order chi connectivity index (χ0) is 17.3. The van der Waals surface area contributed by atoms with Crippen molar-refractivity contribution in [3.05, 3.63) is 29.8 Å². The zero-order valence-corrected chi connectivity index (χ0v) is 16.3. The molecule has 0 amide bonds. The number of rotatable bonds is 11. The Morgan fingerprint density at radius 2 is 1.35 bits per heavy atom. The average molecular weight is 359 g/mol. The predicted octanol–water partition coefficient (Wildman–Crippen LogP) is 6.25. The lowest BCUT2D eigenvalue weighted by Crippen LogP contribution is -2.33. The molecular formula is C19H31ClO2S. The Morgan fingerprint density at radius 3 is 1.87 bits per heavy atom. The Bertz CT molecular complexity index is 551. The van der Waals surface area contributed by atoms with E-state index >= 15 is 0 Å². The maximum atomic E-state index is 13.1. The third-order valence-corrected chi connectivity index (χ3v) is 7.62. The van der Waals surface area contributed by atoms with Gasteiger partial charge in [0.1, 0.15) is 4.21 Å². The first-order chi connectivity index (χ1) is 10.9. The smallest absolute Gasteiger partial charge is 0.197 e. The number of benzene rings is 1. The molecule has 0 aliphatic rings. The Labute approximate surface area is 147 Å². The van der Waals surface area contributed by atoms with Gasteiger partial charge in [-0.15, -0.1) is 11.6 Å². The van der Waals surface area contributed by atoms with Crippen LogP contribution in [-0.4, -0.2) is 12.6 Å². The van der Waals surface area contributed by atoms with Crippen molar-refractivity contribution in [2.45, 2.75) is 87.7 Å². The van der Waals surface area contributed by atoms with Crippen LogP contribution in [-0.2, 0) is 9.84 Å². The van der Waals surface area contributed by atoms with Crippen LogP contribution in [0.1, 0.15) is 77.2 Å². The molecule has 0 fully saturated rings. The van der Waals surface area contributed by atoms with Gasteiger partial charge in [-0.3, -0.25) is 0 Å². The molecule has 0 bridgehead atoms. The van der Waals surface area contributed by atoms with E-state index < -0.39 is 14.0 Å². The van der Waals surface area contributed by atoms with Crippen LogP contribution < -0.4 is 0 Å². The van der Waals surface area contributed by atoms with Gasteiger partial charge in [-0.25, -0.2) is 8.42 Å². The number of aryl methyl sites for hydroxylation is 1. The van der Waals surface area contributed by atoms with Gasteiger partial charge in [-0.1, -0.05) is 76.5 Å². The molecule has 1 rings (SSSR count). The fourth-order valence-corrected chi connectivity index (χ4v) is 5.05. The lowest BCUT2D eigenvalue weighted by molar-refractivity contribution is 0.499. The van der Waals surface area contributed by atoms with Crippen LogP contribution in [0.25, 0.3) is 0 Å². The Morgan fingerprint density at radius 1 is 0.870 bits per heavy atom. The summed E-state index contributed by atoms with van der Waals surface area (Å²) in [5, 5.41) is 0. The summed E-state index contributed by atoms with van der Waals surface area (Å²) in [6.45, 7) is 6.22. The summed E-state index contributed by atoms with van der Waals surface area (Å²) < 4.78 is 25.0. The van der Waals surface area contributed by atoms with E-state index in [2.05, 4.69) is 13.8 Å². The summed E-state index contributed by atoms with van der Waals surface area (Å²) in [6, 6.07) is 7.06. The highest BCUT2D eigenvalue weighted by atomic mass is 35.5. The molecule has 0 aromatic heterocycles. The van der Waals surface area contributed by atoms with Crippen molar-refractivity contribution in [2.24, 2.45) is 0 Å². The fourth-order valence-electron chi connectivity index (χ4n) is 2.78. The monoisotopic (exact) mass is 358 g/mol. The van der Waals surface area contributed by atoms with E-state index in [1.165, 1.54) is 0 Å². The maximum Gasteiger partial charge on any atom is 0.197 e. The van der Waals surface area contributed by atoms with Crippen molar-refractivity contribution in [1.82, 2.24) is 0 Å². The number of halogens is 1. The molecule has 0 radical (unpaired) electrons. The average Bonchev–Trinajstić information content (AvgIpc) is 2.52. The molecule has 0 spiro atoms. The second-order valence-electron chi connectivity index (χ2n) is 6.47. The first kappa shape index (κ1) is 20.5. The molecule has 0 aliphatic carbocycles. The van der Waals surface area contributed by atoms with Gasteiger partial charge >= 0.3 is 0 Å². The van der Waals surface area contributed by atoms with Crippen molar-refractivity contribution in [2.75, 3.05) is 0 Å². The lowest BCUT2D eigenvalue weighted by atomic mass is 10.1. The normalized spacial score (nSPS) is 14.6. The minimum atomic E-state index is -3.52. The van der Waals surface area contributed by atoms with Gasteiger partial charge in [0, 0.05) is 0 Å². The molecule has 0 N–H and O–H groups in total. The maximum absolute atomic E-state index is 13.1. The molecule has 1 aromatic carbocycles. The molecule has 0 heterocycles. The Hall–Kier alpha value is -0.540. The Balaban J connectivity index is 2.97. The number of alkyl halides is 1. The molecule has 0 aliphatic heterocycles. The molecule has 1 atom stereocenters. The molecule has 0 saturated heterocycles. The summed E-state index contributed by atoms with van der Waals surface area (Å²) in [6.07, 6.45) is 8.19. The van der Waals surface area contributed by atoms with Gasteiger partial charge < -0.3 is 0 Å². The van der Waals surface area contributed by atoms with Crippen LogP contribution in [0.3, 0.4) is 0 Å². The quantitative estimate of drug-likeness (QED) is 0.346. The van der Waals surface area contributed by atoms with Crippen molar-refractivity contribution in [1.29, 1.82) is 0 Å². The number of hydrogen-bond acceptors (Lipinski definition) is 2. The summed E-state index contributed by atoms with van der Waals surface area (Å²) in [7, 11) is -3.52. The van der Waals surface area contributed by atoms with Crippen LogP contribution in [0.5, 0.6) is 0 Å². The summed E-state index contributed by atoms with van der Waals surface area (Å²) >= 11 is 6.73. The lowest BCUT2D eigenvalue weighted by Gasteiger charge is -2.27. The minimum absolute atomic E-state index is 0.352. The zero-order valence-electron chi connectivity index (χ0n) is 14.8. The minimum Gasteiger partial charge on any atom is -0.222 e. The highest BCUT2D eigenvalue weighted by Crippen LogP contribution is 2.39. The third kappa shape index (κ3) is 5.79. The van der Waals surface area contributed by atoms with Gasteiger partial charge in [0.15, 0.2) is 9.84 Å². The molecule has 132 valence electrons. The van der Waals surface area contributed by atoms with Gasteiger partial charge in [-0.05, 0) is 31.9 Å². The van der Waals surface area contributed by atoms with Crippen LogP contribution >= 0.6 is 11.6 Å². The van der Waals surface area contributed by atoms with Crippen LogP contribution in [0.2, 0.25) is 0 Å². The standard InChI is InChI=1S/C19H31ClO2S/c1-4-6-8-10-16-19(20,15-9-7-5-2)23(21,22)18-13-11-17(3)12-14-18/h11-14H,4-10,15-16H2,1-3H3/t19-/m1/s1. The molecule has 2 nitrogen and oxygen atoms in total. The van der Waals surface area contributed by atoms with Gasteiger partial charge in [0.05, 0.1) is 4.90 Å². The van der Waals surface area contributed by atoms with E-state index in [4.69, 9.17) is 11.6 Å². The fraction of sp³-hybridized carbons (Fsp3) is 0.684. The summed E-state index contributed by atoms with van der Waals surface area (Å²) in [4.78, 5) is 0.352. The molecule has 0 unspecified atom stereocenters. The summed E-state index contributed by atoms with van der Waals surface area (Å²) in [5.41, 5.74) is 1.05. The van der Waals surface area contributed by atoms with E-state index in [1.807, 2.05) is 19.1 Å². The highest BCUT2D eigenvalue weighted by molar-refractivity contribution is 7.94. The van der Waals surface area contributed by atoms with Crippen LogP contribution in [0, 0.1) is 6.92 Å². The second kappa shape index (κ2) is 9.68.